The van der Waals surface area contributed by atoms with Gasteiger partial charge in [-0.1, -0.05) is 0 Å². The molecule has 1 aromatic carbocycles. The number of nitrogens with zero attached hydrogens (tertiary/aromatic N) is 2. The maximum atomic E-state index is 11.3. The average Bonchev–Trinajstić information content (AvgIpc) is 2.48. The number of hydrogen-bond donors (Lipinski definition) is 1. The number of methoxy groups -OCH3 is 2. The molecule has 0 aliphatic carbocycles. The van der Waals surface area contributed by atoms with Crippen LogP contribution in [0.15, 0.2) is 24.3 Å². The molecule has 110 valence electrons. The van der Waals surface area contributed by atoms with Gasteiger partial charge in [-0.3, -0.25) is 0 Å². The van der Waals surface area contributed by atoms with Gasteiger partial charge in [-0.15, -0.1) is 0 Å². The summed E-state index contributed by atoms with van der Waals surface area (Å²) in [5, 5.41) is 9.29. The molecule has 1 N–H and O–H groups in total. The van der Waals surface area contributed by atoms with Crippen molar-refractivity contribution in [3.05, 3.63) is 35.4 Å². The molecule has 0 aliphatic rings. The van der Waals surface area contributed by atoms with Crippen molar-refractivity contribution in [3.63, 3.8) is 0 Å². The maximum absolute atomic E-state index is 11.3. The van der Waals surface area contributed by atoms with Crippen LogP contribution in [-0.4, -0.2) is 50.2 Å². The number of hydrogen-bond acceptors (Lipinski definition) is 5. The Bertz CT molecular complexity index is 654. The van der Waals surface area contributed by atoms with Crippen LogP contribution in [0.4, 0.5) is 0 Å². The number of aromatic nitrogens is 2. The molecular formula is C14H14N2O4Se. The van der Waals surface area contributed by atoms with E-state index in [4.69, 9.17) is 9.47 Å². The van der Waals surface area contributed by atoms with Gasteiger partial charge in [0.05, 0.1) is 0 Å². The Morgan fingerprint density at radius 1 is 1.19 bits per heavy atom. The quantitative estimate of drug-likeness (QED) is 0.771. The van der Waals surface area contributed by atoms with Gasteiger partial charge >= 0.3 is 128 Å². The molecule has 1 heterocycles. The molecule has 2 aromatic rings. The summed E-state index contributed by atoms with van der Waals surface area (Å²) >= 11 is -0.360. The van der Waals surface area contributed by atoms with E-state index in [2.05, 4.69) is 9.97 Å². The molecule has 7 heteroatoms. The number of ether oxygens (including phenoxy) is 2. The van der Waals surface area contributed by atoms with Crippen LogP contribution < -0.4 is 18.7 Å². The average molecular weight is 353 g/mol. The van der Waals surface area contributed by atoms with Crippen molar-refractivity contribution in [2.24, 2.45) is 0 Å². The van der Waals surface area contributed by atoms with Crippen LogP contribution in [0.1, 0.15) is 15.9 Å². The van der Waals surface area contributed by atoms with Gasteiger partial charge in [0.2, 0.25) is 0 Å². The number of carbonyl (C=O) groups is 1. The molecule has 21 heavy (non-hydrogen) atoms. The van der Waals surface area contributed by atoms with Crippen molar-refractivity contribution in [1.29, 1.82) is 0 Å². The Morgan fingerprint density at radius 3 is 2.33 bits per heavy atom. The van der Waals surface area contributed by atoms with Gasteiger partial charge in [-0.2, -0.15) is 0 Å². The van der Waals surface area contributed by atoms with Crippen LogP contribution in [0.2, 0.25) is 0 Å². The van der Waals surface area contributed by atoms with E-state index in [1.54, 1.807) is 18.2 Å². The van der Waals surface area contributed by atoms with Gasteiger partial charge in [0, 0.05) is 0 Å². The Hall–Kier alpha value is -2.11. The Labute approximate surface area is 128 Å². The molecule has 1 aromatic heterocycles. The normalized spacial score (nSPS) is 10.2. The minimum atomic E-state index is -0.953. The van der Waals surface area contributed by atoms with Crippen molar-refractivity contribution < 1.29 is 19.4 Å². The van der Waals surface area contributed by atoms with Crippen molar-refractivity contribution in [2.75, 3.05) is 14.2 Å². The topological polar surface area (TPSA) is 81.5 Å². The Balaban J connectivity index is 2.45. The molecule has 0 spiro atoms. The summed E-state index contributed by atoms with van der Waals surface area (Å²) in [6, 6.07) is 6.77. The molecule has 6 nitrogen and oxygen atoms in total. The third kappa shape index (κ3) is 3.51. The van der Waals surface area contributed by atoms with E-state index in [0.717, 1.165) is 10.0 Å². The van der Waals surface area contributed by atoms with E-state index >= 15 is 0 Å². The Morgan fingerprint density at radius 2 is 1.81 bits per heavy atom. The Kier molecular flexibility index (Phi) is 4.77. The van der Waals surface area contributed by atoms with E-state index in [1.165, 1.54) is 14.2 Å². The number of aryl methyl sites for hydroxylation is 1. The summed E-state index contributed by atoms with van der Waals surface area (Å²) in [5.74, 6) is -0.168. The first-order valence-electron chi connectivity index (χ1n) is 6.03. The number of aromatic carboxylic acids is 1. The molecule has 0 aliphatic heterocycles. The van der Waals surface area contributed by atoms with E-state index in [0.29, 0.717) is 16.5 Å². The molecule has 0 bridgehead atoms. The zero-order valence-corrected chi connectivity index (χ0v) is 13.5. The zero-order chi connectivity index (χ0) is 15.4. The van der Waals surface area contributed by atoms with Crippen LogP contribution in [0.25, 0.3) is 0 Å². The summed E-state index contributed by atoms with van der Waals surface area (Å²) in [6.07, 6.45) is 0. The standard InChI is InChI=1S/C14H14N2O4Se/c1-8-5-4-6-9(13(17)18)12(8)21-14-15-10(19-2)7-11(16-14)20-3/h4-7H,1-3H3,(H,17,18). The number of rotatable bonds is 5. The van der Waals surface area contributed by atoms with Crippen LogP contribution in [-0.2, 0) is 0 Å². The molecule has 0 unspecified atom stereocenters. The molecule has 2 rings (SSSR count). The predicted octanol–water partition coefficient (Wildman–Crippen LogP) is 0.155. The van der Waals surface area contributed by atoms with Gasteiger partial charge < -0.3 is 0 Å². The van der Waals surface area contributed by atoms with Crippen molar-refractivity contribution in [1.82, 2.24) is 9.97 Å². The van der Waals surface area contributed by atoms with E-state index in [1.807, 2.05) is 13.0 Å². The van der Waals surface area contributed by atoms with Crippen LogP contribution >= 0.6 is 0 Å². The summed E-state index contributed by atoms with van der Waals surface area (Å²) in [6.45, 7) is 1.88. The van der Waals surface area contributed by atoms with Crippen LogP contribution in [0.5, 0.6) is 11.8 Å². The second-order valence-corrected chi connectivity index (χ2v) is 6.14. The summed E-state index contributed by atoms with van der Waals surface area (Å²) in [7, 11) is 3.02. The predicted molar refractivity (Wildman–Crippen MR) is 78.3 cm³/mol. The fraction of sp³-hybridized carbons (Fsp3) is 0.214. The van der Waals surface area contributed by atoms with Gasteiger partial charge in [-0.25, -0.2) is 0 Å². The van der Waals surface area contributed by atoms with E-state index in [9.17, 15) is 9.90 Å². The summed E-state index contributed by atoms with van der Waals surface area (Å²) < 4.78 is 11.5. The number of carboxylic acid groups (broad SMARTS) is 1. The fourth-order valence-electron chi connectivity index (χ4n) is 1.69. The molecule has 0 saturated heterocycles. The zero-order valence-electron chi connectivity index (χ0n) is 11.8. The van der Waals surface area contributed by atoms with Crippen LogP contribution in [0.3, 0.4) is 0 Å². The van der Waals surface area contributed by atoms with E-state index < -0.39 is 5.97 Å². The minimum absolute atomic E-state index is 0.278. The summed E-state index contributed by atoms with van der Waals surface area (Å²) in [5.41, 5.74) is 1.18. The summed E-state index contributed by atoms with van der Waals surface area (Å²) in [4.78, 5) is 19.8. The monoisotopic (exact) mass is 354 g/mol. The number of benzene rings is 1. The molecule has 0 atom stereocenters. The van der Waals surface area contributed by atoms with Crippen LogP contribution in [0, 0.1) is 6.92 Å². The van der Waals surface area contributed by atoms with Gasteiger partial charge in [0.25, 0.3) is 0 Å². The second-order valence-electron chi connectivity index (χ2n) is 4.09. The first-order chi connectivity index (χ1) is 10.0. The molecule has 0 saturated carbocycles. The van der Waals surface area contributed by atoms with Gasteiger partial charge in [0.15, 0.2) is 0 Å². The molecule has 0 amide bonds. The van der Waals surface area contributed by atoms with E-state index in [-0.39, 0.29) is 20.5 Å². The van der Waals surface area contributed by atoms with Gasteiger partial charge in [0.1, 0.15) is 0 Å². The first-order valence-corrected chi connectivity index (χ1v) is 7.74. The van der Waals surface area contributed by atoms with Crippen molar-refractivity contribution in [2.45, 2.75) is 6.92 Å². The van der Waals surface area contributed by atoms with Gasteiger partial charge in [-0.05, 0) is 0 Å². The second kappa shape index (κ2) is 6.56. The fourth-order valence-corrected chi connectivity index (χ4v) is 3.68. The molecule has 0 radical (unpaired) electrons. The SMILES string of the molecule is COc1cc(OC)nc([Se]c2c(C)cccc2C(=O)O)n1. The third-order valence-corrected chi connectivity index (χ3v) is 5.04. The van der Waals surface area contributed by atoms with Crippen molar-refractivity contribution in [3.8, 4) is 11.8 Å². The third-order valence-electron chi connectivity index (χ3n) is 2.71. The molecule has 0 fully saturated rings. The first kappa shape index (κ1) is 15.3. The molecular weight excluding hydrogens is 339 g/mol. The van der Waals surface area contributed by atoms with Crippen molar-refractivity contribution >= 4 is 30.1 Å². The number of carboxylic acids is 1.